The molecule has 0 amide bonds. The Kier molecular flexibility index (Phi) is 2.02. The van der Waals surface area contributed by atoms with Crippen LogP contribution in [0.2, 0.25) is 0 Å². The predicted octanol–water partition coefficient (Wildman–Crippen LogP) is 1.49. The van der Waals surface area contributed by atoms with Crippen LogP contribution < -0.4 is 11.3 Å². The number of hydrazine groups is 1. The molecule has 0 fully saturated rings. The molecule has 0 saturated carbocycles. The third kappa shape index (κ3) is 1.42. The van der Waals surface area contributed by atoms with Gasteiger partial charge in [0.2, 0.25) is 0 Å². The average molecular weight is 176 g/mol. The van der Waals surface area contributed by atoms with Gasteiger partial charge in [-0.25, -0.2) is 0 Å². The maximum Gasteiger partial charge on any atom is 0.163 e. The predicted molar refractivity (Wildman–Crippen MR) is 51.5 cm³/mol. The quantitative estimate of drug-likeness (QED) is 0.503. The maximum absolute atomic E-state index is 11.5. The van der Waals surface area contributed by atoms with E-state index in [2.05, 4.69) is 5.43 Å². The van der Waals surface area contributed by atoms with Crippen LogP contribution in [-0.2, 0) is 6.42 Å². The van der Waals surface area contributed by atoms with Gasteiger partial charge in [-0.1, -0.05) is 6.07 Å². The molecule has 0 saturated heterocycles. The molecule has 3 heteroatoms. The molecule has 1 aromatic rings. The molecule has 0 spiro atoms. The van der Waals surface area contributed by atoms with Crippen molar-refractivity contribution >= 4 is 11.5 Å². The Morgan fingerprint density at radius 3 is 2.92 bits per heavy atom. The summed E-state index contributed by atoms with van der Waals surface area (Å²) < 4.78 is 0. The van der Waals surface area contributed by atoms with E-state index >= 15 is 0 Å². The highest BCUT2D eigenvalue weighted by Crippen LogP contribution is 2.23. The second-order valence-electron chi connectivity index (χ2n) is 3.29. The van der Waals surface area contributed by atoms with Gasteiger partial charge in [0.1, 0.15) is 0 Å². The number of ketones is 1. The molecule has 0 aromatic heterocycles. The minimum Gasteiger partial charge on any atom is -0.324 e. The Morgan fingerprint density at radius 1 is 1.31 bits per heavy atom. The lowest BCUT2D eigenvalue weighted by molar-refractivity contribution is 0.0972. The van der Waals surface area contributed by atoms with Crippen LogP contribution in [0.25, 0.3) is 0 Å². The molecular formula is C10H12N2O. The Hall–Kier alpha value is -1.35. The van der Waals surface area contributed by atoms with E-state index in [1.54, 1.807) is 0 Å². The van der Waals surface area contributed by atoms with E-state index in [4.69, 9.17) is 5.84 Å². The first-order valence-electron chi connectivity index (χ1n) is 4.44. The van der Waals surface area contributed by atoms with Crippen LogP contribution in [0.15, 0.2) is 18.2 Å². The molecule has 1 aliphatic carbocycles. The van der Waals surface area contributed by atoms with Crippen molar-refractivity contribution in [1.82, 2.24) is 0 Å². The van der Waals surface area contributed by atoms with Crippen molar-refractivity contribution in [2.24, 2.45) is 5.84 Å². The fourth-order valence-corrected chi connectivity index (χ4v) is 1.72. The van der Waals surface area contributed by atoms with Crippen molar-refractivity contribution in [2.75, 3.05) is 5.43 Å². The molecule has 1 aromatic carbocycles. The lowest BCUT2D eigenvalue weighted by Gasteiger charge is -2.15. The van der Waals surface area contributed by atoms with Gasteiger partial charge < -0.3 is 5.43 Å². The SMILES string of the molecule is NNc1ccc2c(c1)C(=O)CCC2. The number of benzene rings is 1. The normalized spacial score (nSPS) is 15.3. The second-order valence-corrected chi connectivity index (χ2v) is 3.29. The number of rotatable bonds is 1. The molecule has 0 radical (unpaired) electrons. The van der Waals surface area contributed by atoms with E-state index in [-0.39, 0.29) is 5.78 Å². The van der Waals surface area contributed by atoms with Gasteiger partial charge in [0.05, 0.1) is 0 Å². The summed E-state index contributed by atoms with van der Waals surface area (Å²) in [7, 11) is 0. The van der Waals surface area contributed by atoms with Crippen molar-refractivity contribution in [2.45, 2.75) is 19.3 Å². The van der Waals surface area contributed by atoms with Gasteiger partial charge >= 0.3 is 0 Å². The monoisotopic (exact) mass is 176 g/mol. The summed E-state index contributed by atoms with van der Waals surface area (Å²) >= 11 is 0. The van der Waals surface area contributed by atoms with Crippen molar-refractivity contribution in [3.05, 3.63) is 29.3 Å². The molecule has 3 nitrogen and oxygen atoms in total. The van der Waals surface area contributed by atoms with Crippen LogP contribution in [0.5, 0.6) is 0 Å². The van der Waals surface area contributed by atoms with Gasteiger partial charge in [0.15, 0.2) is 5.78 Å². The zero-order valence-electron chi connectivity index (χ0n) is 7.34. The third-order valence-electron chi connectivity index (χ3n) is 2.43. The minimum atomic E-state index is 0.235. The summed E-state index contributed by atoms with van der Waals surface area (Å²) in [5, 5.41) is 0. The average Bonchev–Trinajstić information content (AvgIpc) is 2.18. The van der Waals surface area contributed by atoms with Crippen LogP contribution >= 0.6 is 0 Å². The summed E-state index contributed by atoms with van der Waals surface area (Å²) in [6, 6.07) is 5.70. The highest BCUT2D eigenvalue weighted by Gasteiger charge is 2.16. The molecule has 0 unspecified atom stereocenters. The van der Waals surface area contributed by atoms with Crippen LogP contribution in [0.3, 0.4) is 0 Å². The van der Waals surface area contributed by atoms with Gasteiger partial charge in [0.25, 0.3) is 0 Å². The van der Waals surface area contributed by atoms with Gasteiger partial charge in [-0.05, 0) is 30.5 Å². The number of fused-ring (bicyclic) bond motifs is 1. The van der Waals surface area contributed by atoms with Crippen LogP contribution in [0, 0.1) is 0 Å². The number of Topliss-reactive ketones (excluding diaryl/α,β-unsaturated/α-hetero) is 1. The lowest BCUT2D eigenvalue weighted by Crippen LogP contribution is -2.13. The molecule has 1 aliphatic rings. The van der Waals surface area contributed by atoms with E-state index in [1.165, 1.54) is 0 Å². The van der Waals surface area contributed by atoms with E-state index in [1.807, 2.05) is 18.2 Å². The smallest absolute Gasteiger partial charge is 0.163 e. The maximum atomic E-state index is 11.5. The van der Waals surface area contributed by atoms with E-state index in [9.17, 15) is 4.79 Å². The topological polar surface area (TPSA) is 55.1 Å². The standard InChI is InChI=1S/C10H12N2O/c11-12-8-5-4-7-2-1-3-10(13)9(7)6-8/h4-6,12H,1-3,11H2. The van der Waals surface area contributed by atoms with Gasteiger partial charge in [-0.15, -0.1) is 0 Å². The van der Waals surface area contributed by atoms with E-state index in [0.717, 1.165) is 29.7 Å². The number of nitrogen functional groups attached to an aromatic ring is 1. The van der Waals surface area contributed by atoms with Crippen molar-refractivity contribution < 1.29 is 4.79 Å². The second kappa shape index (κ2) is 3.18. The summed E-state index contributed by atoms with van der Waals surface area (Å²) in [6.07, 6.45) is 2.65. The number of nitrogens with one attached hydrogen (secondary N) is 1. The molecule has 0 atom stereocenters. The highest BCUT2D eigenvalue weighted by molar-refractivity contribution is 5.99. The molecule has 0 bridgehead atoms. The number of anilines is 1. The first-order chi connectivity index (χ1) is 6.31. The first kappa shape index (κ1) is 8.26. The summed E-state index contributed by atoms with van der Waals surface area (Å²) in [6.45, 7) is 0. The number of carbonyl (C=O) groups is 1. The molecule has 3 N–H and O–H groups in total. The summed E-state index contributed by atoms with van der Waals surface area (Å²) in [5.41, 5.74) is 5.33. The third-order valence-corrected chi connectivity index (χ3v) is 2.43. The van der Waals surface area contributed by atoms with Gasteiger partial charge in [-0.2, -0.15) is 0 Å². The summed E-state index contributed by atoms with van der Waals surface area (Å²) in [4.78, 5) is 11.5. The van der Waals surface area contributed by atoms with Crippen LogP contribution in [0.4, 0.5) is 5.69 Å². The molecule has 0 aliphatic heterocycles. The molecule has 13 heavy (non-hydrogen) atoms. The molecule has 2 rings (SSSR count). The zero-order valence-corrected chi connectivity index (χ0v) is 7.34. The number of nitrogens with two attached hydrogens (primary N) is 1. The van der Waals surface area contributed by atoms with Crippen molar-refractivity contribution in [1.29, 1.82) is 0 Å². The van der Waals surface area contributed by atoms with Crippen molar-refractivity contribution in [3.8, 4) is 0 Å². The molecular weight excluding hydrogens is 164 g/mol. The Labute approximate surface area is 76.9 Å². The minimum absolute atomic E-state index is 0.235. The van der Waals surface area contributed by atoms with Crippen LogP contribution in [0.1, 0.15) is 28.8 Å². The fraction of sp³-hybridized carbons (Fsp3) is 0.300. The Morgan fingerprint density at radius 2 is 2.15 bits per heavy atom. The fourth-order valence-electron chi connectivity index (χ4n) is 1.72. The Balaban J connectivity index is 2.47. The highest BCUT2D eigenvalue weighted by atomic mass is 16.1. The van der Waals surface area contributed by atoms with Crippen molar-refractivity contribution in [3.63, 3.8) is 0 Å². The number of hydrogen-bond donors (Lipinski definition) is 2. The largest absolute Gasteiger partial charge is 0.324 e. The van der Waals surface area contributed by atoms with Gasteiger partial charge in [0, 0.05) is 17.7 Å². The lowest BCUT2D eigenvalue weighted by atomic mass is 9.90. The summed E-state index contributed by atoms with van der Waals surface area (Å²) in [5.74, 6) is 5.50. The first-order valence-corrected chi connectivity index (χ1v) is 4.44. The molecule has 0 heterocycles. The van der Waals surface area contributed by atoms with E-state index in [0.29, 0.717) is 6.42 Å². The number of aryl methyl sites for hydroxylation is 1. The Bertz CT molecular complexity index is 347. The van der Waals surface area contributed by atoms with E-state index < -0.39 is 0 Å². The zero-order chi connectivity index (χ0) is 9.26. The molecule has 68 valence electrons. The number of hydrogen-bond acceptors (Lipinski definition) is 3. The van der Waals surface area contributed by atoms with Crippen LogP contribution in [-0.4, -0.2) is 5.78 Å². The van der Waals surface area contributed by atoms with Gasteiger partial charge in [-0.3, -0.25) is 10.6 Å². The number of carbonyl (C=O) groups excluding carboxylic acids is 1.